The van der Waals surface area contributed by atoms with E-state index in [1.165, 1.54) is 25.4 Å². The van der Waals surface area contributed by atoms with Gasteiger partial charge in [-0.2, -0.15) is 0 Å². The molecule has 28 heavy (non-hydrogen) atoms. The minimum Gasteiger partial charge on any atom is -0.369 e. The first-order valence-corrected chi connectivity index (χ1v) is 10.2. The van der Waals surface area contributed by atoms with Gasteiger partial charge >= 0.3 is 0 Å². The zero-order chi connectivity index (χ0) is 20.6. The number of aliphatic imine (C=N–C) groups is 1. The quantitative estimate of drug-likeness (QED) is 0.706. The van der Waals surface area contributed by atoms with Crippen molar-refractivity contribution < 1.29 is 22.0 Å². The zero-order valence-electron chi connectivity index (χ0n) is 14.4. The summed E-state index contributed by atoms with van der Waals surface area (Å²) in [5, 5.41) is 2.40. The largest absolute Gasteiger partial charge is 0.369 e. The molecule has 3 N–H and O–H groups in total. The van der Waals surface area contributed by atoms with Gasteiger partial charge in [0.15, 0.2) is 11.5 Å². The van der Waals surface area contributed by atoms with Crippen LogP contribution in [0.1, 0.15) is 22.1 Å². The third-order valence-electron chi connectivity index (χ3n) is 4.03. The van der Waals surface area contributed by atoms with Gasteiger partial charge in [0.2, 0.25) is 16.0 Å². The number of sulfonamides is 1. The van der Waals surface area contributed by atoms with Crippen molar-refractivity contribution in [2.24, 2.45) is 10.7 Å². The molecule has 12 heteroatoms. The Morgan fingerprint density at radius 1 is 1.32 bits per heavy atom. The van der Waals surface area contributed by atoms with Crippen LogP contribution in [0.25, 0.3) is 0 Å². The molecule has 0 radical (unpaired) electrons. The van der Waals surface area contributed by atoms with E-state index in [9.17, 15) is 22.0 Å². The van der Waals surface area contributed by atoms with Crippen LogP contribution in [-0.4, -0.2) is 42.4 Å². The molecule has 2 aromatic rings. The zero-order valence-corrected chi connectivity index (χ0v) is 16.8. The summed E-state index contributed by atoms with van der Waals surface area (Å²) in [6.45, 7) is 0. The van der Waals surface area contributed by atoms with E-state index < -0.39 is 45.1 Å². The Labute approximate surface area is 167 Å². The number of nitrogens with one attached hydrogen (secondary N) is 1. The third-order valence-corrected chi connectivity index (χ3v) is 6.22. The van der Waals surface area contributed by atoms with Gasteiger partial charge in [0.1, 0.15) is 5.82 Å². The van der Waals surface area contributed by atoms with Crippen LogP contribution in [0.5, 0.6) is 0 Å². The predicted octanol–water partition coefficient (Wildman–Crippen LogP) is 2.01. The minimum absolute atomic E-state index is 0.0679. The van der Waals surface area contributed by atoms with Gasteiger partial charge in [-0.05, 0) is 40.2 Å². The van der Waals surface area contributed by atoms with E-state index in [4.69, 9.17) is 5.73 Å². The molecule has 0 saturated carbocycles. The summed E-state index contributed by atoms with van der Waals surface area (Å²) in [5.74, 6) is -3.16. The van der Waals surface area contributed by atoms with E-state index in [0.717, 1.165) is 16.4 Å². The molecular formula is C16H14BrF2N5O3S. The van der Waals surface area contributed by atoms with E-state index in [0.29, 0.717) is 4.47 Å². The molecule has 0 aliphatic carbocycles. The van der Waals surface area contributed by atoms with Crippen molar-refractivity contribution in [2.75, 3.05) is 18.1 Å². The van der Waals surface area contributed by atoms with Gasteiger partial charge in [-0.1, -0.05) is 0 Å². The van der Waals surface area contributed by atoms with Crippen LogP contribution in [0.15, 0.2) is 39.9 Å². The average Bonchev–Trinajstić information content (AvgIpc) is 2.60. The first-order valence-electron chi connectivity index (χ1n) is 7.80. The lowest BCUT2D eigenvalue weighted by molar-refractivity contribution is 0.101. The van der Waals surface area contributed by atoms with Crippen LogP contribution in [0.4, 0.5) is 14.5 Å². The molecule has 0 spiro atoms. The summed E-state index contributed by atoms with van der Waals surface area (Å²) < 4.78 is 53.6. The van der Waals surface area contributed by atoms with Crippen molar-refractivity contribution in [1.29, 1.82) is 0 Å². The second-order valence-corrected chi connectivity index (χ2v) is 8.88. The predicted molar refractivity (Wildman–Crippen MR) is 102 cm³/mol. The van der Waals surface area contributed by atoms with Gasteiger partial charge in [-0.25, -0.2) is 31.5 Å². The maximum Gasteiger partial charge on any atom is 0.277 e. The molecule has 1 atom stereocenters. The number of hydrogen-bond acceptors (Lipinski definition) is 6. The van der Waals surface area contributed by atoms with E-state index in [2.05, 4.69) is 31.2 Å². The maximum absolute atomic E-state index is 14.3. The molecule has 8 nitrogen and oxygen atoms in total. The number of nitrogens with two attached hydrogens (primary N) is 1. The molecule has 1 aliphatic heterocycles. The van der Waals surface area contributed by atoms with Gasteiger partial charge in [0, 0.05) is 29.0 Å². The molecule has 1 aromatic heterocycles. The normalized spacial score (nSPS) is 18.5. The summed E-state index contributed by atoms with van der Waals surface area (Å²) in [6.07, 6.45) is 1.26. The van der Waals surface area contributed by atoms with Gasteiger partial charge in [0.05, 0.1) is 11.8 Å². The minimum atomic E-state index is -3.75. The van der Waals surface area contributed by atoms with Crippen molar-refractivity contribution >= 4 is 43.5 Å². The molecule has 1 aliphatic rings. The lowest BCUT2D eigenvalue weighted by Gasteiger charge is -2.27. The third kappa shape index (κ3) is 3.97. The Morgan fingerprint density at radius 3 is 2.68 bits per heavy atom. The van der Waals surface area contributed by atoms with Crippen molar-refractivity contribution in [2.45, 2.75) is 6.04 Å². The second kappa shape index (κ2) is 7.43. The number of carbonyl (C=O) groups is 1. The molecule has 1 amide bonds. The van der Waals surface area contributed by atoms with Gasteiger partial charge in [0.25, 0.3) is 5.91 Å². The summed E-state index contributed by atoms with van der Waals surface area (Å²) >= 11 is 3.04. The highest BCUT2D eigenvalue weighted by Gasteiger charge is 2.32. The van der Waals surface area contributed by atoms with Crippen molar-refractivity contribution in [3.8, 4) is 0 Å². The number of amides is 1. The number of aromatic nitrogens is 1. The number of hydrogen-bond donors (Lipinski definition) is 2. The van der Waals surface area contributed by atoms with Crippen LogP contribution in [-0.2, 0) is 10.0 Å². The highest BCUT2D eigenvalue weighted by molar-refractivity contribution is 9.10. The lowest BCUT2D eigenvalue weighted by Crippen LogP contribution is -2.45. The van der Waals surface area contributed by atoms with Crippen LogP contribution < -0.4 is 11.1 Å². The first-order chi connectivity index (χ1) is 13.1. The Hall–Kier alpha value is -2.60. The number of carbonyl (C=O) groups excluding carboxylic acids is 1. The fourth-order valence-electron chi connectivity index (χ4n) is 2.54. The van der Waals surface area contributed by atoms with E-state index in [1.807, 2.05) is 0 Å². The van der Waals surface area contributed by atoms with Crippen molar-refractivity contribution in [3.05, 3.63) is 57.8 Å². The molecule has 148 valence electrons. The van der Waals surface area contributed by atoms with E-state index in [1.54, 1.807) is 0 Å². The maximum atomic E-state index is 14.3. The number of rotatable bonds is 3. The summed E-state index contributed by atoms with van der Waals surface area (Å²) in [5.41, 5.74) is 5.21. The van der Waals surface area contributed by atoms with E-state index >= 15 is 0 Å². The molecular weight excluding hydrogens is 460 g/mol. The van der Waals surface area contributed by atoms with E-state index in [-0.39, 0.29) is 17.2 Å². The monoisotopic (exact) mass is 473 g/mol. The summed E-state index contributed by atoms with van der Waals surface area (Å²) in [6, 6.07) is 3.53. The molecule has 0 unspecified atom stereocenters. The topological polar surface area (TPSA) is 118 Å². The van der Waals surface area contributed by atoms with Gasteiger partial charge in [-0.15, -0.1) is 0 Å². The van der Waals surface area contributed by atoms with Crippen molar-refractivity contribution in [1.82, 2.24) is 9.29 Å². The number of benzene rings is 1. The second-order valence-electron chi connectivity index (χ2n) is 5.92. The van der Waals surface area contributed by atoms with Crippen LogP contribution >= 0.6 is 15.9 Å². The molecule has 1 aromatic carbocycles. The van der Waals surface area contributed by atoms with Gasteiger partial charge in [-0.3, -0.25) is 4.79 Å². The number of anilines is 1. The molecule has 0 saturated heterocycles. The number of guanidine groups is 1. The molecule has 3 rings (SSSR count). The highest BCUT2D eigenvalue weighted by Crippen LogP contribution is 2.29. The highest BCUT2D eigenvalue weighted by atomic mass is 79.9. The fourth-order valence-corrected chi connectivity index (χ4v) is 4.05. The van der Waals surface area contributed by atoms with Crippen molar-refractivity contribution in [3.63, 3.8) is 0 Å². The summed E-state index contributed by atoms with van der Waals surface area (Å²) in [4.78, 5) is 20.0. The summed E-state index contributed by atoms with van der Waals surface area (Å²) in [7, 11) is -2.51. The Balaban J connectivity index is 1.91. The number of halogens is 3. The molecule has 0 bridgehead atoms. The molecule has 2 heterocycles. The Bertz CT molecular complexity index is 1090. The van der Waals surface area contributed by atoms with Gasteiger partial charge < -0.3 is 11.1 Å². The molecule has 0 fully saturated rings. The van der Waals surface area contributed by atoms with Crippen LogP contribution in [0.2, 0.25) is 0 Å². The number of nitrogens with zero attached hydrogens (tertiary/aromatic N) is 3. The number of pyridine rings is 1. The van der Waals surface area contributed by atoms with Crippen LogP contribution in [0, 0.1) is 11.6 Å². The Morgan fingerprint density at radius 2 is 2.04 bits per heavy atom. The standard InChI is InChI=1S/C16H14BrF2N5O3S/c1-24-16(20)23-13(7-28(24,26)27)10-5-9(2-3-11(10)18)22-15(25)14-12(19)4-8(17)6-21-14/h2-6,13H,7H2,1H3,(H2,20,23)(H,22,25)/t13-/m0/s1. The Kier molecular flexibility index (Phi) is 5.35. The fraction of sp³-hybridized carbons (Fsp3) is 0.188. The SMILES string of the molecule is CN1C(N)=N[C@H](c2cc(NC(=O)c3ncc(Br)cc3F)ccc2F)CS1(=O)=O. The first kappa shape index (κ1) is 20.1. The lowest BCUT2D eigenvalue weighted by atomic mass is 10.1. The average molecular weight is 474 g/mol. The smallest absolute Gasteiger partial charge is 0.277 e. The van der Waals surface area contributed by atoms with Crippen LogP contribution in [0.3, 0.4) is 0 Å².